The number of nitrogens with one attached hydrogen (secondary N) is 1. The molecule has 0 saturated carbocycles. The van der Waals surface area contributed by atoms with Crippen molar-refractivity contribution in [1.29, 1.82) is 0 Å². The van der Waals surface area contributed by atoms with Gasteiger partial charge in [-0.25, -0.2) is 4.31 Å². The van der Waals surface area contributed by atoms with E-state index in [1.54, 1.807) is 0 Å². The summed E-state index contributed by atoms with van der Waals surface area (Å²) in [6, 6.07) is 21.8. The van der Waals surface area contributed by atoms with Crippen LogP contribution in [0.25, 0.3) is 21.8 Å². The van der Waals surface area contributed by atoms with Gasteiger partial charge in [-0.3, -0.25) is 0 Å². The molecule has 1 unspecified atom stereocenters. The number of halogens is 3. The summed E-state index contributed by atoms with van der Waals surface area (Å²) in [7, 11) is 0. The van der Waals surface area contributed by atoms with Gasteiger partial charge < -0.3 is 19.1 Å². The van der Waals surface area contributed by atoms with Crippen LogP contribution in [0.3, 0.4) is 0 Å². The fourth-order valence-corrected chi connectivity index (χ4v) is 5.04. The molecular weight excluding hydrogens is 439 g/mol. The summed E-state index contributed by atoms with van der Waals surface area (Å²) in [6.45, 7) is 1.06. The standard InChI is InChI=1S/C23H20F3N3O2S/c24-23(25,26)31-16-11-9-15(10-12-16)27-32-28-13-21(22(30)14-28)29-19-7-3-1-5-17(19)18-6-2-4-8-20(18)29/h1-12,21-22,27,30H,13-14H2/t21?,22-/m0/s1. The molecule has 2 heterocycles. The zero-order valence-electron chi connectivity index (χ0n) is 16.8. The minimum atomic E-state index is -4.71. The van der Waals surface area contributed by atoms with Crippen molar-refractivity contribution >= 4 is 39.6 Å². The van der Waals surface area contributed by atoms with Gasteiger partial charge in [0.15, 0.2) is 0 Å². The fourth-order valence-electron chi connectivity index (χ4n) is 4.22. The number of aliphatic hydroxyl groups excluding tert-OH is 1. The van der Waals surface area contributed by atoms with Crippen molar-refractivity contribution in [3.63, 3.8) is 0 Å². The van der Waals surface area contributed by atoms with Gasteiger partial charge >= 0.3 is 6.36 Å². The first-order valence-corrected chi connectivity index (χ1v) is 10.9. The van der Waals surface area contributed by atoms with E-state index in [2.05, 4.69) is 38.3 Å². The molecule has 1 aliphatic heterocycles. The summed E-state index contributed by atoms with van der Waals surface area (Å²) in [4.78, 5) is 0. The Kier molecular flexibility index (Phi) is 5.40. The third kappa shape index (κ3) is 4.11. The van der Waals surface area contributed by atoms with Crippen molar-refractivity contribution in [1.82, 2.24) is 8.87 Å². The van der Waals surface area contributed by atoms with Crippen molar-refractivity contribution in [2.75, 3.05) is 17.8 Å². The van der Waals surface area contributed by atoms with Crippen molar-refractivity contribution < 1.29 is 23.0 Å². The van der Waals surface area contributed by atoms with Gasteiger partial charge in [0.05, 0.1) is 12.1 Å². The van der Waals surface area contributed by atoms with Gasteiger partial charge in [0.25, 0.3) is 0 Å². The Hall–Kier alpha value is -2.88. The van der Waals surface area contributed by atoms with Crippen LogP contribution in [0.4, 0.5) is 18.9 Å². The maximum atomic E-state index is 12.3. The van der Waals surface area contributed by atoms with Gasteiger partial charge in [-0.1, -0.05) is 36.4 Å². The lowest BCUT2D eigenvalue weighted by Gasteiger charge is -2.19. The van der Waals surface area contributed by atoms with E-state index in [0.29, 0.717) is 18.8 Å². The Labute approximate surface area is 186 Å². The van der Waals surface area contributed by atoms with Gasteiger partial charge in [0.2, 0.25) is 0 Å². The van der Waals surface area contributed by atoms with E-state index < -0.39 is 12.5 Å². The molecular formula is C23H20F3N3O2S. The molecule has 0 amide bonds. The predicted octanol–water partition coefficient (Wildman–Crippen LogP) is 5.59. The molecule has 1 saturated heterocycles. The third-order valence-electron chi connectivity index (χ3n) is 5.56. The number of hydrogen-bond acceptors (Lipinski definition) is 5. The van der Waals surface area contributed by atoms with E-state index in [1.165, 1.54) is 36.4 Å². The molecule has 0 spiro atoms. The number of nitrogens with zero attached hydrogens (tertiary/aromatic N) is 2. The highest BCUT2D eigenvalue weighted by Gasteiger charge is 2.35. The van der Waals surface area contributed by atoms with Gasteiger partial charge in [-0.15, -0.1) is 13.2 Å². The number of para-hydroxylation sites is 2. The summed E-state index contributed by atoms with van der Waals surface area (Å²) in [5.74, 6) is -0.268. The third-order valence-corrected chi connectivity index (χ3v) is 6.44. The number of anilines is 1. The van der Waals surface area contributed by atoms with Crippen molar-refractivity contribution in [3.05, 3.63) is 72.8 Å². The number of fused-ring (bicyclic) bond motifs is 3. The molecule has 0 bridgehead atoms. The van der Waals surface area contributed by atoms with E-state index >= 15 is 0 Å². The quantitative estimate of drug-likeness (QED) is 0.381. The van der Waals surface area contributed by atoms with Crippen LogP contribution in [-0.2, 0) is 0 Å². The van der Waals surface area contributed by atoms with E-state index in [-0.39, 0.29) is 11.8 Å². The number of benzene rings is 3. The molecule has 32 heavy (non-hydrogen) atoms. The van der Waals surface area contributed by atoms with Crippen LogP contribution in [0, 0.1) is 0 Å². The Bertz CT molecular complexity index is 1190. The number of aliphatic hydroxyl groups is 1. The summed E-state index contributed by atoms with van der Waals surface area (Å²) in [5.41, 5.74) is 2.80. The first-order chi connectivity index (χ1) is 15.4. The smallest absolute Gasteiger partial charge is 0.406 e. The lowest BCUT2D eigenvalue weighted by atomic mass is 10.2. The molecule has 5 rings (SSSR count). The van der Waals surface area contributed by atoms with Crippen LogP contribution >= 0.6 is 12.1 Å². The van der Waals surface area contributed by atoms with Crippen LogP contribution in [0.2, 0.25) is 0 Å². The number of ether oxygens (including phenoxy) is 1. The van der Waals surface area contributed by atoms with Crippen molar-refractivity contribution in [2.45, 2.75) is 18.5 Å². The first kappa shape index (κ1) is 21.0. The highest BCUT2D eigenvalue weighted by atomic mass is 32.2. The minimum absolute atomic E-state index is 0.128. The lowest BCUT2D eigenvalue weighted by molar-refractivity contribution is -0.274. The fraction of sp³-hybridized carbons (Fsp3) is 0.217. The average Bonchev–Trinajstić information content (AvgIpc) is 3.29. The summed E-state index contributed by atoms with van der Waals surface area (Å²) < 4.78 is 48.2. The second kappa shape index (κ2) is 8.23. The Morgan fingerprint density at radius 1 is 0.875 bits per heavy atom. The second-order valence-corrected chi connectivity index (χ2v) is 8.55. The number of rotatable bonds is 5. The molecule has 1 fully saturated rings. The van der Waals surface area contributed by atoms with E-state index in [9.17, 15) is 18.3 Å². The number of aromatic nitrogens is 1. The monoisotopic (exact) mass is 459 g/mol. The second-order valence-electron chi connectivity index (χ2n) is 7.65. The zero-order chi connectivity index (χ0) is 22.3. The zero-order valence-corrected chi connectivity index (χ0v) is 17.6. The largest absolute Gasteiger partial charge is 0.573 e. The summed E-state index contributed by atoms with van der Waals surface area (Å²) in [5, 5.41) is 13.2. The molecule has 5 nitrogen and oxygen atoms in total. The predicted molar refractivity (Wildman–Crippen MR) is 120 cm³/mol. The first-order valence-electron chi connectivity index (χ1n) is 10.1. The highest BCUT2D eigenvalue weighted by molar-refractivity contribution is 7.98. The molecule has 1 aromatic heterocycles. The van der Waals surface area contributed by atoms with Crippen LogP contribution < -0.4 is 9.46 Å². The molecule has 166 valence electrons. The molecule has 4 aromatic rings. The maximum Gasteiger partial charge on any atom is 0.573 e. The highest BCUT2D eigenvalue weighted by Crippen LogP contribution is 2.37. The Morgan fingerprint density at radius 3 is 2.06 bits per heavy atom. The SMILES string of the molecule is O[C@H]1CN(SNc2ccc(OC(F)(F)F)cc2)CC1n1c2ccccc2c2ccccc21. The Balaban J connectivity index is 1.31. The molecule has 9 heteroatoms. The number of hydrogen-bond donors (Lipinski definition) is 2. The number of alkyl halides is 3. The van der Waals surface area contributed by atoms with Crippen LogP contribution in [-0.4, -0.2) is 39.5 Å². The normalized spacial score (nSPS) is 19.6. The maximum absolute atomic E-state index is 12.3. The van der Waals surface area contributed by atoms with Crippen molar-refractivity contribution in [2.24, 2.45) is 0 Å². The summed E-state index contributed by atoms with van der Waals surface area (Å²) in [6.07, 6.45) is -5.27. The molecule has 0 radical (unpaired) electrons. The van der Waals surface area contributed by atoms with Gasteiger partial charge in [0.1, 0.15) is 5.75 Å². The van der Waals surface area contributed by atoms with Crippen LogP contribution in [0.15, 0.2) is 72.8 Å². The topological polar surface area (TPSA) is 49.7 Å². The van der Waals surface area contributed by atoms with E-state index in [4.69, 9.17) is 0 Å². The van der Waals surface area contributed by atoms with Gasteiger partial charge in [-0.2, -0.15) is 0 Å². The average molecular weight is 459 g/mol. The van der Waals surface area contributed by atoms with Crippen LogP contribution in [0.5, 0.6) is 5.75 Å². The van der Waals surface area contributed by atoms with Gasteiger partial charge in [-0.05, 0) is 36.4 Å². The summed E-state index contributed by atoms with van der Waals surface area (Å²) >= 11 is 1.32. The molecule has 3 aromatic carbocycles. The van der Waals surface area contributed by atoms with E-state index in [0.717, 1.165) is 21.8 Å². The Morgan fingerprint density at radius 2 is 1.47 bits per heavy atom. The van der Waals surface area contributed by atoms with E-state index in [1.807, 2.05) is 28.6 Å². The van der Waals surface area contributed by atoms with Gasteiger partial charge in [0, 0.05) is 52.7 Å². The number of β-amino-alcohol motifs (C(OH)–C–C–N with tert-alkyl or cyclic N) is 1. The minimum Gasteiger partial charge on any atom is -0.406 e. The molecule has 1 aliphatic rings. The molecule has 0 aliphatic carbocycles. The molecule has 2 atom stereocenters. The lowest BCUT2D eigenvalue weighted by Crippen LogP contribution is -2.21. The van der Waals surface area contributed by atoms with Crippen LogP contribution in [0.1, 0.15) is 6.04 Å². The molecule has 2 N–H and O–H groups in total. The van der Waals surface area contributed by atoms with Crippen molar-refractivity contribution in [3.8, 4) is 5.75 Å².